The van der Waals surface area contributed by atoms with Gasteiger partial charge in [0.1, 0.15) is 5.60 Å². The van der Waals surface area contributed by atoms with Crippen molar-refractivity contribution in [3.05, 3.63) is 54.1 Å². The number of esters is 1. The molecular formula is C25H31N3O6. The minimum absolute atomic E-state index is 0.197. The zero-order chi connectivity index (χ0) is 24.7. The summed E-state index contributed by atoms with van der Waals surface area (Å²) in [5.41, 5.74) is 1.59. The number of benzene rings is 2. The van der Waals surface area contributed by atoms with Crippen LogP contribution in [0.25, 0.3) is 0 Å². The molecule has 0 spiro atoms. The number of anilines is 3. The first-order valence-electron chi connectivity index (χ1n) is 11.2. The summed E-state index contributed by atoms with van der Waals surface area (Å²) < 4.78 is 15.9. The second-order valence-electron chi connectivity index (χ2n) is 8.89. The highest BCUT2D eigenvalue weighted by Gasteiger charge is 2.21. The average Bonchev–Trinajstić information content (AvgIpc) is 2.79. The summed E-state index contributed by atoms with van der Waals surface area (Å²) in [5, 5.41) is 5.33. The molecule has 2 aromatic rings. The van der Waals surface area contributed by atoms with E-state index in [1.165, 1.54) is 19.1 Å². The minimum Gasteiger partial charge on any atom is -0.449 e. The molecule has 1 heterocycles. The van der Waals surface area contributed by atoms with Crippen LogP contribution in [-0.4, -0.2) is 56.0 Å². The smallest absolute Gasteiger partial charge is 0.412 e. The third-order valence-electron chi connectivity index (χ3n) is 4.91. The Morgan fingerprint density at radius 3 is 2.29 bits per heavy atom. The van der Waals surface area contributed by atoms with Gasteiger partial charge in [-0.25, -0.2) is 9.59 Å². The zero-order valence-electron chi connectivity index (χ0n) is 19.9. The number of rotatable bonds is 6. The Hall–Kier alpha value is -3.59. The number of ether oxygens (including phenoxy) is 3. The molecule has 2 N–H and O–H groups in total. The molecule has 2 aromatic carbocycles. The Kier molecular flexibility index (Phi) is 8.12. The van der Waals surface area contributed by atoms with Crippen LogP contribution < -0.4 is 15.5 Å². The van der Waals surface area contributed by atoms with Crippen molar-refractivity contribution in [2.75, 3.05) is 41.8 Å². The fraction of sp³-hybridized carbons (Fsp3) is 0.400. The van der Waals surface area contributed by atoms with Crippen LogP contribution in [-0.2, 0) is 19.0 Å². The van der Waals surface area contributed by atoms with Gasteiger partial charge in [-0.2, -0.15) is 0 Å². The average molecular weight is 470 g/mol. The maximum absolute atomic E-state index is 12.5. The summed E-state index contributed by atoms with van der Waals surface area (Å²) in [7, 11) is 0. The van der Waals surface area contributed by atoms with E-state index in [4.69, 9.17) is 14.2 Å². The molecule has 1 atom stereocenters. The number of hydrogen-bond acceptors (Lipinski definition) is 7. The molecule has 9 nitrogen and oxygen atoms in total. The largest absolute Gasteiger partial charge is 0.449 e. The summed E-state index contributed by atoms with van der Waals surface area (Å²) in [6.07, 6.45) is -1.65. The van der Waals surface area contributed by atoms with Gasteiger partial charge in [-0.1, -0.05) is 6.07 Å². The lowest BCUT2D eigenvalue weighted by molar-refractivity contribution is -0.123. The van der Waals surface area contributed by atoms with E-state index in [0.29, 0.717) is 24.6 Å². The van der Waals surface area contributed by atoms with Crippen molar-refractivity contribution in [1.82, 2.24) is 0 Å². The number of carbonyl (C=O) groups excluding carboxylic acids is 3. The third-order valence-corrected chi connectivity index (χ3v) is 4.91. The van der Waals surface area contributed by atoms with Crippen molar-refractivity contribution in [2.24, 2.45) is 0 Å². The number of nitrogens with one attached hydrogen (secondary N) is 2. The van der Waals surface area contributed by atoms with Crippen molar-refractivity contribution in [2.45, 2.75) is 39.4 Å². The van der Waals surface area contributed by atoms with Crippen molar-refractivity contribution >= 4 is 35.0 Å². The van der Waals surface area contributed by atoms with Crippen LogP contribution in [0, 0.1) is 0 Å². The molecule has 1 aliphatic rings. The monoisotopic (exact) mass is 469 g/mol. The minimum atomic E-state index is -1.02. The van der Waals surface area contributed by atoms with Crippen LogP contribution in [0.15, 0.2) is 48.5 Å². The second kappa shape index (κ2) is 11.0. The molecule has 3 rings (SSSR count). The Balaban J connectivity index is 1.53. The summed E-state index contributed by atoms with van der Waals surface area (Å²) in [4.78, 5) is 39.2. The Morgan fingerprint density at radius 2 is 1.65 bits per heavy atom. The van der Waals surface area contributed by atoms with Gasteiger partial charge in [0.25, 0.3) is 5.91 Å². The summed E-state index contributed by atoms with van der Waals surface area (Å²) in [5.74, 6) is -1.13. The van der Waals surface area contributed by atoms with Crippen LogP contribution in [0.2, 0.25) is 0 Å². The first-order chi connectivity index (χ1) is 16.1. The molecule has 1 fully saturated rings. The zero-order valence-corrected chi connectivity index (χ0v) is 19.9. The molecule has 0 bridgehead atoms. The van der Waals surface area contributed by atoms with Crippen molar-refractivity contribution in [3.8, 4) is 0 Å². The molecule has 0 radical (unpaired) electrons. The van der Waals surface area contributed by atoms with Crippen molar-refractivity contribution in [1.29, 1.82) is 0 Å². The molecule has 1 aliphatic heterocycles. The second-order valence-corrected chi connectivity index (χ2v) is 8.89. The predicted octanol–water partition coefficient (Wildman–Crippen LogP) is 4.05. The normalized spacial score (nSPS) is 14.6. The molecule has 0 unspecified atom stereocenters. The quantitative estimate of drug-likeness (QED) is 0.615. The molecule has 34 heavy (non-hydrogen) atoms. The maximum atomic E-state index is 12.5. The Morgan fingerprint density at radius 1 is 0.971 bits per heavy atom. The SMILES string of the molecule is C[C@H](OC(=O)c1cccc(NC(=O)OC(C)(C)C)c1)C(=O)Nc1ccc(N2CCOCC2)cc1. The van der Waals surface area contributed by atoms with E-state index in [0.717, 1.165) is 18.8 Å². The van der Waals surface area contributed by atoms with E-state index < -0.39 is 29.7 Å². The highest BCUT2D eigenvalue weighted by Crippen LogP contribution is 2.20. The van der Waals surface area contributed by atoms with Gasteiger partial charge in [-0.15, -0.1) is 0 Å². The third kappa shape index (κ3) is 7.48. The number of carbonyl (C=O) groups is 3. The lowest BCUT2D eigenvalue weighted by Crippen LogP contribution is -2.36. The highest BCUT2D eigenvalue weighted by atomic mass is 16.6. The molecule has 9 heteroatoms. The van der Waals surface area contributed by atoms with Gasteiger partial charge in [0.2, 0.25) is 0 Å². The van der Waals surface area contributed by atoms with E-state index in [-0.39, 0.29) is 5.56 Å². The van der Waals surface area contributed by atoms with Gasteiger partial charge in [0.05, 0.1) is 18.8 Å². The van der Waals surface area contributed by atoms with Gasteiger partial charge in [-0.3, -0.25) is 10.1 Å². The van der Waals surface area contributed by atoms with E-state index in [1.54, 1.807) is 32.9 Å². The first-order valence-corrected chi connectivity index (χ1v) is 11.2. The van der Waals surface area contributed by atoms with Crippen molar-refractivity contribution in [3.63, 3.8) is 0 Å². The van der Waals surface area contributed by atoms with Gasteiger partial charge < -0.3 is 24.4 Å². The topological polar surface area (TPSA) is 106 Å². The Labute approximate surface area is 199 Å². The first kappa shape index (κ1) is 25.0. The lowest BCUT2D eigenvalue weighted by Gasteiger charge is -2.28. The number of nitrogens with zero attached hydrogens (tertiary/aromatic N) is 1. The van der Waals surface area contributed by atoms with E-state index in [2.05, 4.69) is 15.5 Å². The summed E-state index contributed by atoms with van der Waals surface area (Å²) in [6.45, 7) is 9.81. The van der Waals surface area contributed by atoms with Crippen LogP contribution in [0.3, 0.4) is 0 Å². The van der Waals surface area contributed by atoms with E-state index in [9.17, 15) is 14.4 Å². The van der Waals surface area contributed by atoms with E-state index >= 15 is 0 Å². The van der Waals surface area contributed by atoms with Crippen LogP contribution in [0.1, 0.15) is 38.1 Å². The Bertz CT molecular complexity index is 1010. The molecular weight excluding hydrogens is 438 g/mol. The van der Waals surface area contributed by atoms with E-state index in [1.807, 2.05) is 24.3 Å². The maximum Gasteiger partial charge on any atom is 0.412 e. The van der Waals surface area contributed by atoms with Crippen molar-refractivity contribution < 1.29 is 28.6 Å². The van der Waals surface area contributed by atoms with Gasteiger partial charge >= 0.3 is 12.1 Å². The highest BCUT2D eigenvalue weighted by molar-refractivity contribution is 5.98. The van der Waals surface area contributed by atoms with Gasteiger partial charge in [0, 0.05) is 30.2 Å². The van der Waals surface area contributed by atoms with Crippen LogP contribution in [0.4, 0.5) is 21.9 Å². The fourth-order valence-corrected chi connectivity index (χ4v) is 3.25. The number of hydrogen-bond donors (Lipinski definition) is 2. The fourth-order valence-electron chi connectivity index (χ4n) is 3.25. The number of amides is 2. The molecule has 1 saturated heterocycles. The standard InChI is InChI=1S/C25H31N3O6/c1-17(22(29)26-19-8-10-21(11-9-19)28-12-14-32-15-13-28)33-23(30)18-6-5-7-20(16-18)27-24(31)34-25(2,3)4/h5-11,16-17H,12-15H2,1-4H3,(H,26,29)(H,27,31)/t17-/m0/s1. The predicted molar refractivity (Wildman–Crippen MR) is 129 cm³/mol. The molecule has 0 saturated carbocycles. The number of morpholine rings is 1. The molecule has 0 aliphatic carbocycles. The summed E-state index contributed by atoms with van der Waals surface area (Å²) >= 11 is 0. The van der Waals surface area contributed by atoms with Crippen LogP contribution >= 0.6 is 0 Å². The lowest BCUT2D eigenvalue weighted by atomic mass is 10.2. The van der Waals surface area contributed by atoms with Crippen LogP contribution in [0.5, 0.6) is 0 Å². The molecule has 0 aromatic heterocycles. The molecule has 2 amide bonds. The van der Waals surface area contributed by atoms with Gasteiger partial charge in [-0.05, 0) is 70.2 Å². The van der Waals surface area contributed by atoms with Gasteiger partial charge in [0.15, 0.2) is 6.10 Å². The summed E-state index contributed by atoms with van der Waals surface area (Å²) in [6, 6.07) is 13.7. The molecule has 182 valence electrons.